The largest absolute Gasteiger partial charge is 0.369 e. The Hall–Kier alpha value is -0.0400. The lowest BCUT2D eigenvalue weighted by atomic mass is 9.95. The Labute approximate surface area is 62.8 Å². The Morgan fingerprint density at radius 2 is 1.40 bits per heavy atom. The highest BCUT2D eigenvalue weighted by molar-refractivity contribution is 4.96. The van der Waals surface area contributed by atoms with E-state index in [9.17, 15) is 0 Å². The first-order chi connectivity index (χ1) is 4.62. The first kappa shape index (κ1) is 6.66. The summed E-state index contributed by atoms with van der Waals surface area (Å²) in [6.07, 6.45) is 6.49. The van der Waals surface area contributed by atoms with Gasteiger partial charge in [-0.1, -0.05) is 0 Å². The van der Waals surface area contributed by atoms with Gasteiger partial charge in [0.25, 0.3) is 0 Å². The average molecular weight is 140 g/mol. The van der Waals surface area contributed by atoms with Crippen LogP contribution < -0.4 is 0 Å². The third kappa shape index (κ3) is 0.878. The van der Waals surface area contributed by atoms with Crippen molar-refractivity contribution in [2.45, 2.75) is 57.2 Å². The smallest absolute Gasteiger partial charge is 0.0663 e. The molecule has 0 spiro atoms. The molecule has 10 heavy (non-hydrogen) atoms. The standard InChI is InChI=1S/C9H16O/c1-8-4-3-5-9(2,10-8)7-6-8/h3-7H2,1-2H3/t8-,9?/m0/s1. The van der Waals surface area contributed by atoms with E-state index in [1.165, 1.54) is 32.1 Å². The van der Waals surface area contributed by atoms with E-state index in [1.807, 2.05) is 0 Å². The number of fused-ring (bicyclic) bond motifs is 2. The molecule has 2 saturated heterocycles. The van der Waals surface area contributed by atoms with Gasteiger partial charge in [-0.15, -0.1) is 0 Å². The normalized spacial score (nSPS) is 53.4. The third-order valence-electron chi connectivity index (χ3n) is 3.09. The molecule has 0 saturated carbocycles. The van der Waals surface area contributed by atoms with Crippen molar-refractivity contribution in [2.24, 2.45) is 0 Å². The van der Waals surface area contributed by atoms with E-state index in [0.717, 1.165) is 0 Å². The highest BCUT2D eigenvalue weighted by atomic mass is 16.5. The van der Waals surface area contributed by atoms with E-state index < -0.39 is 0 Å². The maximum atomic E-state index is 5.97. The summed E-state index contributed by atoms with van der Waals surface area (Å²) in [4.78, 5) is 0. The molecule has 1 heteroatoms. The Bertz CT molecular complexity index is 139. The zero-order valence-electron chi connectivity index (χ0n) is 6.94. The Morgan fingerprint density at radius 3 is 1.80 bits per heavy atom. The van der Waals surface area contributed by atoms with E-state index in [0.29, 0.717) is 0 Å². The van der Waals surface area contributed by atoms with Crippen LogP contribution in [0.15, 0.2) is 0 Å². The summed E-state index contributed by atoms with van der Waals surface area (Å²) in [6, 6.07) is 0. The summed E-state index contributed by atoms with van der Waals surface area (Å²) in [5, 5.41) is 0. The molecule has 2 rings (SSSR count). The molecule has 2 heterocycles. The highest BCUT2D eigenvalue weighted by Gasteiger charge is 2.46. The quantitative estimate of drug-likeness (QED) is 0.502. The van der Waals surface area contributed by atoms with E-state index in [1.54, 1.807) is 0 Å². The monoisotopic (exact) mass is 140 g/mol. The van der Waals surface area contributed by atoms with Crippen LogP contribution in [0.1, 0.15) is 46.0 Å². The summed E-state index contributed by atoms with van der Waals surface area (Å²) < 4.78 is 5.97. The third-order valence-corrected chi connectivity index (χ3v) is 3.09. The summed E-state index contributed by atoms with van der Waals surface area (Å²) in [7, 11) is 0. The minimum atomic E-state index is 0.257. The van der Waals surface area contributed by atoms with Gasteiger partial charge in [-0.3, -0.25) is 0 Å². The van der Waals surface area contributed by atoms with Gasteiger partial charge in [0.15, 0.2) is 0 Å². The first-order valence-electron chi connectivity index (χ1n) is 4.32. The summed E-state index contributed by atoms with van der Waals surface area (Å²) in [5.74, 6) is 0. The van der Waals surface area contributed by atoms with Crippen molar-refractivity contribution >= 4 is 0 Å². The van der Waals surface area contributed by atoms with Crippen molar-refractivity contribution in [1.29, 1.82) is 0 Å². The molecule has 0 N–H and O–H groups in total. The lowest BCUT2D eigenvalue weighted by molar-refractivity contribution is -0.120. The fraction of sp³-hybridized carbons (Fsp3) is 1.00. The van der Waals surface area contributed by atoms with Gasteiger partial charge in [-0.05, 0) is 46.0 Å². The van der Waals surface area contributed by atoms with Crippen LogP contribution >= 0.6 is 0 Å². The molecule has 58 valence electrons. The van der Waals surface area contributed by atoms with Crippen molar-refractivity contribution in [3.63, 3.8) is 0 Å². The Kier molecular flexibility index (Phi) is 1.17. The predicted molar refractivity (Wildman–Crippen MR) is 41.0 cm³/mol. The number of ether oxygens (including phenoxy) is 1. The van der Waals surface area contributed by atoms with Crippen LogP contribution in [0.3, 0.4) is 0 Å². The van der Waals surface area contributed by atoms with Crippen LogP contribution in [-0.4, -0.2) is 11.2 Å². The van der Waals surface area contributed by atoms with Crippen molar-refractivity contribution in [2.75, 3.05) is 0 Å². The zero-order chi connectivity index (χ0) is 7.24. The average Bonchev–Trinajstić information content (AvgIpc) is 2.03. The summed E-state index contributed by atoms with van der Waals surface area (Å²) in [6.45, 7) is 4.52. The maximum Gasteiger partial charge on any atom is 0.0663 e. The van der Waals surface area contributed by atoms with Crippen LogP contribution in [0.5, 0.6) is 0 Å². The van der Waals surface area contributed by atoms with Crippen LogP contribution in [0.25, 0.3) is 0 Å². The van der Waals surface area contributed by atoms with Crippen LogP contribution in [0.2, 0.25) is 0 Å². The van der Waals surface area contributed by atoms with Crippen LogP contribution in [-0.2, 0) is 4.74 Å². The minimum Gasteiger partial charge on any atom is -0.369 e. The molecule has 0 aliphatic carbocycles. The lowest BCUT2D eigenvalue weighted by Gasteiger charge is -2.35. The van der Waals surface area contributed by atoms with Gasteiger partial charge < -0.3 is 4.74 Å². The zero-order valence-corrected chi connectivity index (χ0v) is 6.94. The number of rotatable bonds is 0. The highest BCUT2D eigenvalue weighted by Crippen LogP contribution is 2.47. The molecule has 0 amide bonds. The van der Waals surface area contributed by atoms with Crippen LogP contribution in [0, 0.1) is 0 Å². The van der Waals surface area contributed by atoms with Crippen molar-refractivity contribution < 1.29 is 4.74 Å². The predicted octanol–water partition coefficient (Wildman–Crippen LogP) is 2.50. The van der Waals surface area contributed by atoms with Crippen molar-refractivity contribution in [1.82, 2.24) is 0 Å². The Balaban J connectivity index is 2.20. The first-order valence-corrected chi connectivity index (χ1v) is 4.32. The lowest BCUT2D eigenvalue weighted by Crippen LogP contribution is -2.35. The molecule has 2 atom stereocenters. The molecule has 2 aliphatic rings. The molecule has 2 bridgehead atoms. The maximum absolute atomic E-state index is 5.97. The summed E-state index contributed by atoms with van der Waals surface area (Å²) >= 11 is 0. The minimum absolute atomic E-state index is 0.257. The van der Waals surface area contributed by atoms with E-state index in [4.69, 9.17) is 4.74 Å². The topological polar surface area (TPSA) is 9.23 Å². The summed E-state index contributed by atoms with van der Waals surface area (Å²) in [5.41, 5.74) is 0.514. The van der Waals surface area contributed by atoms with Crippen LogP contribution in [0.4, 0.5) is 0 Å². The van der Waals surface area contributed by atoms with Gasteiger partial charge in [-0.2, -0.15) is 0 Å². The molecule has 2 aliphatic heterocycles. The van der Waals surface area contributed by atoms with E-state index >= 15 is 0 Å². The Morgan fingerprint density at radius 1 is 0.900 bits per heavy atom. The van der Waals surface area contributed by atoms with Gasteiger partial charge in [0.1, 0.15) is 0 Å². The molecular weight excluding hydrogens is 124 g/mol. The molecule has 0 aromatic carbocycles. The fourth-order valence-electron chi connectivity index (χ4n) is 2.41. The second-order valence-corrected chi connectivity index (χ2v) is 4.36. The molecule has 0 radical (unpaired) electrons. The molecule has 2 fully saturated rings. The van der Waals surface area contributed by atoms with Gasteiger partial charge in [0.05, 0.1) is 11.2 Å². The fourth-order valence-corrected chi connectivity index (χ4v) is 2.41. The van der Waals surface area contributed by atoms with Gasteiger partial charge in [-0.25, -0.2) is 0 Å². The van der Waals surface area contributed by atoms with E-state index in [2.05, 4.69) is 13.8 Å². The SMILES string of the molecule is CC12CCC[C@@](C)(CC1)O2. The second kappa shape index (κ2) is 1.76. The number of hydrogen-bond donors (Lipinski definition) is 0. The van der Waals surface area contributed by atoms with Gasteiger partial charge in [0, 0.05) is 0 Å². The van der Waals surface area contributed by atoms with Gasteiger partial charge >= 0.3 is 0 Å². The molecule has 0 aromatic rings. The van der Waals surface area contributed by atoms with E-state index in [-0.39, 0.29) is 11.2 Å². The van der Waals surface area contributed by atoms with Crippen molar-refractivity contribution in [3.05, 3.63) is 0 Å². The molecule has 0 aromatic heterocycles. The van der Waals surface area contributed by atoms with Crippen molar-refractivity contribution in [3.8, 4) is 0 Å². The molecule has 1 unspecified atom stereocenters. The second-order valence-electron chi connectivity index (χ2n) is 4.36. The molecule has 1 nitrogen and oxygen atoms in total. The number of hydrogen-bond acceptors (Lipinski definition) is 1. The van der Waals surface area contributed by atoms with Gasteiger partial charge in [0.2, 0.25) is 0 Å². The molecular formula is C9H16O.